The smallest absolute Gasteiger partial charge is 0.417 e. The van der Waals surface area contributed by atoms with Crippen LogP contribution in [0.2, 0.25) is 0 Å². The van der Waals surface area contributed by atoms with Crippen LogP contribution >= 0.6 is 0 Å². The molecule has 0 aliphatic carbocycles. The minimum absolute atomic E-state index is 0.0130. The second-order valence-corrected chi connectivity index (χ2v) is 5.60. The van der Waals surface area contributed by atoms with Crippen LogP contribution in [0.5, 0.6) is 5.75 Å². The number of nitrogens with zero attached hydrogens (tertiary/aromatic N) is 2. The number of aryl methyl sites for hydroxylation is 2. The van der Waals surface area contributed by atoms with Crippen molar-refractivity contribution in [2.45, 2.75) is 13.1 Å². The number of phenols is 1. The van der Waals surface area contributed by atoms with Crippen molar-refractivity contribution < 1.29 is 18.3 Å². The first-order chi connectivity index (χ1) is 11.3. The molecule has 124 valence electrons. The third kappa shape index (κ3) is 2.87. The van der Waals surface area contributed by atoms with E-state index in [0.29, 0.717) is 11.3 Å². The van der Waals surface area contributed by atoms with Crippen molar-refractivity contribution in [1.29, 1.82) is 0 Å². The minimum Gasteiger partial charge on any atom is -0.507 e. The summed E-state index contributed by atoms with van der Waals surface area (Å²) in [7, 11) is 1.64. The molecule has 0 spiro atoms. The Labute approximate surface area is 137 Å². The second kappa shape index (κ2) is 5.70. The summed E-state index contributed by atoms with van der Waals surface area (Å²) < 4.78 is 41.1. The molecule has 0 saturated heterocycles. The van der Waals surface area contributed by atoms with Crippen molar-refractivity contribution in [1.82, 2.24) is 9.78 Å². The highest BCUT2D eigenvalue weighted by molar-refractivity contribution is 5.74. The zero-order valence-electron chi connectivity index (χ0n) is 13.1. The van der Waals surface area contributed by atoms with E-state index in [4.69, 9.17) is 0 Å². The molecule has 0 aliphatic heterocycles. The van der Waals surface area contributed by atoms with Gasteiger partial charge in [0, 0.05) is 18.2 Å². The standard InChI is InChI=1S/C18H15F3N2O/c1-11-7-8-17(24)13(9-11)16-10-15(22-23(16)2)12-5-3-4-6-14(12)18(19,20)21/h3-10,24H,1-2H3. The van der Waals surface area contributed by atoms with E-state index in [-0.39, 0.29) is 17.0 Å². The van der Waals surface area contributed by atoms with Crippen LogP contribution in [0.15, 0.2) is 48.5 Å². The van der Waals surface area contributed by atoms with Crippen molar-refractivity contribution in [2.75, 3.05) is 0 Å². The van der Waals surface area contributed by atoms with E-state index >= 15 is 0 Å². The molecule has 1 N–H and O–H groups in total. The molecule has 3 aromatic rings. The molecule has 1 aromatic heterocycles. The van der Waals surface area contributed by atoms with Gasteiger partial charge < -0.3 is 5.11 Å². The Morgan fingerprint density at radius 2 is 1.71 bits per heavy atom. The Morgan fingerprint density at radius 3 is 2.42 bits per heavy atom. The molecule has 0 amide bonds. The van der Waals surface area contributed by atoms with Gasteiger partial charge in [-0.15, -0.1) is 0 Å². The molecule has 0 saturated carbocycles. The Hall–Kier alpha value is -2.76. The predicted molar refractivity (Wildman–Crippen MR) is 85.5 cm³/mol. The molecule has 6 heteroatoms. The molecule has 0 aliphatic rings. The average Bonchev–Trinajstić information content (AvgIpc) is 2.90. The van der Waals surface area contributed by atoms with Crippen LogP contribution in [-0.2, 0) is 13.2 Å². The first kappa shape index (κ1) is 16.1. The highest BCUT2D eigenvalue weighted by Gasteiger charge is 2.34. The van der Waals surface area contributed by atoms with Crippen LogP contribution in [0.4, 0.5) is 13.2 Å². The summed E-state index contributed by atoms with van der Waals surface area (Å²) in [6.45, 7) is 1.87. The maximum atomic E-state index is 13.2. The molecule has 2 aromatic carbocycles. The molecule has 0 bridgehead atoms. The fraction of sp³-hybridized carbons (Fsp3) is 0.167. The SMILES string of the molecule is Cc1ccc(O)c(-c2cc(-c3ccccc3C(F)(F)F)nn2C)c1. The van der Waals surface area contributed by atoms with Gasteiger partial charge in [0.05, 0.1) is 17.0 Å². The van der Waals surface area contributed by atoms with Crippen LogP contribution < -0.4 is 0 Å². The quantitative estimate of drug-likeness (QED) is 0.733. The van der Waals surface area contributed by atoms with Gasteiger partial charge in [0.1, 0.15) is 5.75 Å². The fourth-order valence-electron chi connectivity index (χ4n) is 2.66. The highest BCUT2D eigenvalue weighted by Crippen LogP contribution is 2.38. The monoisotopic (exact) mass is 332 g/mol. The Kier molecular flexibility index (Phi) is 3.83. The van der Waals surface area contributed by atoms with E-state index in [1.807, 2.05) is 6.92 Å². The first-order valence-corrected chi connectivity index (χ1v) is 7.28. The molecule has 0 fully saturated rings. The summed E-state index contributed by atoms with van der Waals surface area (Å²) in [5.41, 5.74) is 1.49. The van der Waals surface area contributed by atoms with E-state index in [0.717, 1.165) is 11.6 Å². The van der Waals surface area contributed by atoms with Crippen LogP contribution in [0.3, 0.4) is 0 Å². The van der Waals surface area contributed by atoms with Gasteiger partial charge in [0.25, 0.3) is 0 Å². The van der Waals surface area contributed by atoms with E-state index in [9.17, 15) is 18.3 Å². The lowest BCUT2D eigenvalue weighted by Gasteiger charge is -2.10. The Balaban J connectivity index is 2.16. The zero-order valence-corrected chi connectivity index (χ0v) is 13.1. The molecular formula is C18H15F3N2O. The molecule has 0 unspecified atom stereocenters. The average molecular weight is 332 g/mol. The molecule has 0 radical (unpaired) electrons. The van der Waals surface area contributed by atoms with Crippen LogP contribution in [0.25, 0.3) is 22.5 Å². The number of benzene rings is 2. The van der Waals surface area contributed by atoms with Gasteiger partial charge >= 0.3 is 6.18 Å². The molecule has 3 nitrogen and oxygen atoms in total. The number of hydrogen-bond donors (Lipinski definition) is 1. The van der Waals surface area contributed by atoms with Gasteiger partial charge in [0.2, 0.25) is 0 Å². The minimum atomic E-state index is -4.46. The first-order valence-electron chi connectivity index (χ1n) is 7.28. The summed E-state index contributed by atoms with van der Waals surface area (Å²) in [5.74, 6) is 0.0549. The van der Waals surface area contributed by atoms with Gasteiger partial charge in [-0.25, -0.2) is 0 Å². The summed E-state index contributed by atoms with van der Waals surface area (Å²) in [4.78, 5) is 0. The van der Waals surface area contributed by atoms with Gasteiger partial charge in [-0.2, -0.15) is 18.3 Å². The van der Waals surface area contributed by atoms with Crippen molar-refractivity contribution >= 4 is 0 Å². The zero-order chi connectivity index (χ0) is 17.5. The van der Waals surface area contributed by atoms with Crippen molar-refractivity contribution in [3.63, 3.8) is 0 Å². The number of hydrogen-bond acceptors (Lipinski definition) is 2. The van der Waals surface area contributed by atoms with Crippen molar-refractivity contribution in [2.24, 2.45) is 7.05 Å². The van der Waals surface area contributed by atoms with E-state index in [1.54, 1.807) is 37.4 Å². The molecule has 3 rings (SSSR count). The Morgan fingerprint density at radius 1 is 1.00 bits per heavy atom. The highest BCUT2D eigenvalue weighted by atomic mass is 19.4. The lowest BCUT2D eigenvalue weighted by molar-refractivity contribution is -0.137. The number of phenolic OH excluding ortho intramolecular Hbond substituents is 1. The number of rotatable bonds is 2. The van der Waals surface area contributed by atoms with Crippen LogP contribution in [0, 0.1) is 6.92 Å². The van der Waals surface area contributed by atoms with E-state index in [2.05, 4.69) is 5.10 Å². The van der Waals surface area contributed by atoms with Gasteiger partial charge in [-0.1, -0.05) is 29.8 Å². The Bertz CT molecular complexity index is 898. The van der Waals surface area contributed by atoms with Gasteiger partial charge in [-0.3, -0.25) is 4.68 Å². The summed E-state index contributed by atoms with van der Waals surface area (Å²) in [6.07, 6.45) is -4.46. The lowest BCUT2D eigenvalue weighted by Crippen LogP contribution is -2.07. The summed E-state index contributed by atoms with van der Waals surface area (Å²) in [6, 6.07) is 12.0. The maximum absolute atomic E-state index is 13.2. The number of aromatic nitrogens is 2. The largest absolute Gasteiger partial charge is 0.507 e. The molecule has 24 heavy (non-hydrogen) atoms. The molecule has 1 heterocycles. The third-order valence-corrected chi connectivity index (χ3v) is 3.82. The van der Waals surface area contributed by atoms with Crippen LogP contribution in [0.1, 0.15) is 11.1 Å². The summed E-state index contributed by atoms with van der Waals surface area (Å²) >= 11 is 0. The van der Waals surface area contributed by atoms with Crippen molar-refractivity contribution in [3.05, 3.63) is 59.7 Å². The molecule has 0 atom stereocenters. The molecular weight excluding hydrogens is 317 g/mol. The number of aromatic hydroxyl groups is 1. The topological polar surface area (TPSA) is 38.1 Å². The second-order valence-electron chi connectivity index (χ2n) is 5.60. The normalized spacial score (nSPS) is 11.7. The number of halogens is 3. The van der Waals surface area contributed by atoms with Gasteiger partial charge in [-0.05, 0) is 31.2 Å². The summed E-state index contributed by atoms with van der Waals surface area (Å²) in [5, 5.41) is 14.3. The lowest BCUT2D eigenvalue weighted by atomic mass is 10.0. The number of alkyl halides is 3. The third-order valence-electron chi connectivity index (χ3n) is 3.82. The predicted octanol–water partition coefficient (Wildman–Crippen LogP) is 4.79. The van der Waals surface area contributed by atoms with E-state index in [1.165, 1.54) is 16.8 Å². The van der Waals surface area contributed by atoms with Crippen LogP contribution in [-0.4, -0.2) is 14.9 Å². The van der Waals surface area contributed by atoms with Crippen molar-refractivity contribution in [3.8, 4) is 28.3 Å². The maximum Gasteiger partial charge on any atom is 0.417 e. The van der Waals surface area contributed by atoms with Gasteiger partial charge in [0.15, 0.2) is 0 Å². The fourth-order valence-corrected chi connectivity index (χ4v) is 2.66. The van der Waals surface area contributed by atoms with E-state index < -0.39 is 11.7 Å².